The van der Waals surface area contributed by atoms with Crippen LogP contribution in [0.25, 0.3) is 0 Å². The third kappa shape index (κ3) is 3.01. The van der Waals surface area contributed by atoms with Crippen LogP contribution in [-0.2, 0) is 9.59 Å². The molecule has 1 unspecified atom stereocenters. The Morgan fingerprint density at radius 2 is 2.20 bits per heavy atom. The molecule has 1 heterocycles. The molecule has 1 aromatic rings. The lowest BCUT2D eigenvalue weighted by atomic mass is 10.2. The number of benzene rings is 1. The highest BCUT2D eigenvalue weighted by atomic mass is 16.5. The van der Waals surface area contributed by atoms with Crippen LogP contribution in [0.2, 0.25) is 0 Å². The summed E-state index contributed by atoms with van der Waals surface area (Å²) in [7, 11) is 0. The van der Waals surface area contributed by atoms with E-state index in [-0.39, 0.29) is 17.3 Å². The maximum absolute atomic E-state index is 11.7. The Labute approximate surface area is 115 Å². The molecule has 0 saturated carbocycles. The summed E-state index contributed by atoms with van der Waals surface area (Å²) in [6, 6.07) is 3.12. The first kappa shape index (κ1) is 14.2. The van der Waals surface area contributed by atoms with Crippen molar-refractivity contribution in [2.75, 3.05) is 11.9 Å². The summed E-state index contributed by atoms with van der Waals surface area (Å²) < 4.78 is 5.41. The van der Waals surface area contributed by atoms with E-state index in [2.05, 4.69) is 10.3 Å². The van der Waals surface area contributed by atoms with Crippen LogP contribution in [-0.4, -0.2) is 24.6 Å². The number of carbonyl (C=O) groups excluding carboxylic acids is 2. The van der Waals surface area contributed by atoms with E-state index in [0.29, 0.717) is 29.4 Å². The quantitative estimate of drug-likeness (QED) is 0.611. The van der Waals surface area contributed by atoms with Crippen LogP contribution >= 0.6 is 0 Å². The number of anilines is 1. The van der Waals surface area contributed by atoms with Crippen LogP contribution in [0.5, 0.6) is 5.75 Å². The molecular formula is C13H15N3O4. The molecule has 0 bridgehead atoms. The zero-order chi connectivity index (χ0) is 14.7. The van der Waals surface area contributed by atoms with Crippen molar-refractivity contribution in [3.63, 3.8) is 0 Å². The van der Waals surface area contributed by atoms with Crippen molar-refractivity contribution in [1.29, 1.82) is 0 Å². The number of amides is 1. The van der Waals surface area contributed by atoms with Gasteiger partial charge in [0.2, 0.25) is 5.91 Å². The predicted molar refractivity (Wildman–Crippen MR) is 73.7 cm³/mol. The Kier molecular flexibility index (Phi) is 4.11. The van der Waals surface area contributed by atoms with Crippen LogP contribution in [0.1, 0.15) is 20.3 Å². The molecule has 20 heavy (non-hydrogen) atoms. The lowest BCUT2D eigenvalue weighted by Gasteiger charge is -2.16. The van der Waals surface area contributed by atoms with E-state index >= 15 is 0 Å². The Hall–Kier alpha value is -2.25. The third-order valence-corrected chi connectivity index (χ3v) is 2.67. The van der Waals surface area contributed by atoms with Crippen molar-refractivity contribution in [2.45, 2.75) is 20.3 Å². The summed E-state index contributed by atoms with van der Waals surface area (Å²) >= 11 is 0. The molecule has 0 aliphatic carbocycles. The smallest absolute Gasteiger partial charge is 0.231 e. The summed E-state index contributed by atoms with van der Waals surface area (Å²) in [5.41, 5.74) is 1.33. The molecule has 2 N–H and O–H groups in total. The molecule has 7 heteroatoms. The number of hydroxylamine groups is 1. The number of hydrogen-bond donors (Lipinski definition) is 2. The largest absolute Gasteiger partial charge is 0.623 e. The molecule has 7 nitrogen and oxygen atoms in total. The number of fused-ring (bicyclic) bond motifs is 1. The molecule has 1 aromatic carbocycles. The zero-order valence-corrected chi connectivity index (χ0v) is 11.2. The minimum atomic E-state index is -0.424. The number of carbonyl (C=O) groups is 2. The van der Waals surface area contributed by atoms with Gasteiger partial charge in [0, 0.05) is 6.07 Å². The van der Waals surface area contributed by atoms with Gasteiger partial charge in [0.1, 0.15) is 17.2 Å². The second-order valence-corrected chi connectivity index (χ2v) is 4.35. The first-order valence-corrected chi connectivity index (χ1v) is 6.19. The van der Waals surface area contributed by atoms with Crippen LogP contribution in [0, 0.1) is 5.21 Å². The van der Waals surface area contributed by atoms with Crippen LogP contribution in [0.4, 0.5) is 17.1 Å². The van der Waals surface area contributed by atoms with Gasteiger partial charge in [0.05, 0.1) is 18.7 Å². The van der Waals surface area contributed by atoms with Gasteiger partial charge in [-0.25, -0.2) is 0 Å². The van der Waals surface area contributed by atoms with Gasteiger partial charge >= 0.3 is 0 Å². The monoisotopic (exact) mass is 277 g/mol. The average Bonchev–Trinajstić information content (AvgIpc) is 2.70. The summed E-state index contributed by atoms with van der Waals surface area (Å²) in [5.74, 6) is -0.261. The second kappa shape index (κ2) is 5.81. The van der Waals surface area contributed by atoms with Crippen molar-refractivity contribution in [3.05, 3.63) is 17.3 Å². The lowest BCUT2D eigenvalue weighted by Crippen LogP contribution is -2.99. The van der Waals surface area contributed by atoms with Gasteiger partial charge in [-0.2, -0.15) is 4.99 Å². The molecule has 0 saturated heterocycles. The number of Topliss-reactive ketones (excluding diaryl/α,β-unsaturated/α-hetero) is 1. The van der Waals surface area contributed by atoms with Gasteiger partial charge in [0.15, 0.2) is 12.0 Å². The molecule has 1 aliphatic heterocycles. The number of ether oxygens (including phenoxy) is 1. The molecule has 0 aromatic heterocycles. The van der Waals surface area contributed by atoms with Crippen molar-refractivity contribution < 1.29 is 19.4 Å². The Balaban J connectivity index is 2.29. The van der Waals surface area contributed by atoms with Gasteiger partial charge < -0.3 is 15.3 Å². The maximum Gasteiger partial charge on any atom is 0.231 e. The van der Waals surface area contributed by atoms with Gasteiger partial charge in [0.25, 0.3) is 0 Å². The Morgan fingerprint density at radius 1 is 1.45 bits per heavy atom. The van der Waals surface area contributed by atoms with Crippen molar-refractivity contribution in [3.8, 4) is 5.75 Å². The Bertz CT molecular complexity index is 583. The SMILES string of the molecule is CCOc1cc2c(cc1NC(=O)CC(C)=O)N=C[NH+]2[O-]. The fraction of sp³-hybridized carbons (Fsp3) is 0.308. The van der Waals surface area contributed by atoms with E-state index in [4.69, 9.17) is 4.74 Å². The minimum Gasteiger partial charge on any atom is -0.623 e. The van der Waals surface area contributed by atoms with E-state index in [0.717, 1.165) is 0 Å². The summed E-state index contributed by atoms with van der Waals surface area (Å²) in [5, 5.41) is 14.0. The Morgan fingerprint density at radius 3 is 2.85 bits per heavy atom. The molecule has 1 atom stereocenters. The van der Waals surface area contributed by atoms with Crippen LogP contribution < -0.4 is 15.1 Å². The highest BCUT2D eigenvalue weighted by Gasteiger charge is 2.20. The molecular weight excluding hydrogens is 262 g/mol. The molecule has 0 spiro atoms. The minimum absolute atomic E-state index is 0.192. The highest BCUT2D eigenvalue weighted by Crippen LogP contribution is 2.36. The number of rotatable bonds is 5. The third-order valence-electron chi connectivity index (χ3n) is 2.67. The first-order chi connectivity index (χ1) is 9.51. The molecule has 0 fully saturated rings. The number of nitrogens with one attached hydrogen (secondary N) is 2. The van der Waals surface area contributed by atoms with Crippen LogP contribution in [0.3, 0.4) is 0 Å². The fourth-order valence-electron chi connectivity index (χ4n) is 1.86. The summed E-state index contributed by atoms with van der Waals surface area (Å²) in [6.45, 7) is 3.53. The van der Waals surface area contributed by atoms with E-state index < -0.39 is 5.91 Å². The van der Waals surface area contributed by atoms with Crippen molar-refractivity contribution in [1.82, 2.24) is 0 Å². The number of ketones is 1. The molecule has 1 amide bonds. The topological polar surface area (TPSA) is 95.3 Å². The second-order valence-electron chi connectivity index (χ2n) is 4.35. The first-order valence-electron chi connectivity index (χ1n) is 6.19. The summed E-state index contributed by atoms with van der Waals surface area (Å²) in [4.78, 5) is 26.5. The van der Waals surface area contributed by atoms with Crippen molar-refractivity contribution in [2.24, 2.45) is 4.99 Å². The van der Waals surface area contributed by atoms with Gasteiger partial charge in [-0.15, -0.1) is 0 Å². The molecule has 106 valence electrons. The molecule has 1 aliphatic rings. The van der Waals surface area contributed by atoms with Gasteiger partial charge in [-0.3, -0.25) is 14.7 Å². The van der Waals surface area contributed by atoms with Crippen molar-refractivity contribution >= 4 is 35.1 Å². The van der Waals surface area contributed by atoms with E-state index in [1.165, 1.54) is 13.3 Å². The van der Waals surface area contributed by atoms with Crippen LogP contribution in [0.15, 0.2) is 17.1 Å². The number of hydrogen-bond acceptors (Lipinski definition) is 5. The lowest BCUT2D eigenvalue weighted by molar-refractivity contribution is -0.655. The normalized spacial score (nSPS) is 15.8. The molecule has 0 radical (unpaired) electrons. The highest BCUT2D eigenvalue weighted by molar-refractivity contribution is 6.04. The molecule has 2 rings (SSSR count). The number of nitrogens with zero attached hydrogens (tertiary/aromatic N) is 1. The van der Waals surface area contributed by atoms with E-state index in [1.807, 2.05) is 0 Å². The van der Waals surface area contributed by atoms with Gasteiger partial charge in [-0.05, 0) is 19.9 Å². The maximum atomic E-state index is 11.7. The fourth-order valence-corrected chi connectivity index (χ4v) is 1.86. The summed E-state index contributed by atoms with van der Waals surface area (Å²) in [6.07, 6.45) is 1.02. The number of quaternary nitrogens is 1. The number of aliphatic imine (C=N–C) groups is 1. The van der Waals surface area contributed by atoms with E-state index in [9.17, 15) is 14.8 Å². The van der Waals surface area contributed by atoms with Gasteiger partial charge in [-0.1, -0.05) is 0 Å². The van der Waals surface area contributed by atoms with E-state index in [1.54, 1.807) is 19.1 Å². The zero-order valence-electron chi connectivity index (χ0n) is 11.2. The standard InChI is InChI=1S/C13H15N3O4/c1-3-20-12-6-11-9(14-7-16(11)19)5-10(12)15-13(18)4-8(2)17/h5-7,16H,3-4H2,1-2H3,(H,15,18). The predicted octanol–water partition coefficient (Wildman–Crippen LogP) is 0.691. The average molecular weight is 277 g/mol.